The van der Waals surface area contributed by atoms with Crippen LogP contribution in [-0.2, 0) is 53.2 Å². The standard InChI is InChI=1S/C45H65N9O13S2/c1-27(2)23-35(44(63)53(4)36(19-22-68-5)45(64)54-21-10-11-29(54)24-37(46)55)52-41(60)28(3)49-42(61)34(26-40(58)59)51-43(62)33(25-38(47)56)50-39(57)14-9-20-48-69(65,66)32-17-15-31(16-18-32)67-30-12-7-6-8-13-30/h6-8,12-13,15-18,27-29,33-36,48H,9-11,14,19-26H2,1-5H3,(H2,46,55)(H2,47,56)(H,49,61)(H,50,57)(H,51,62)(H,52,60)(H,58,59)/t28-,29-,33-,34-,35-,36-/m0/s1. The Morgan fingerprint density at radius 2 is 1.43 bits per heavy atom. The highest BCUT2D eigenvalue weighted by molar-refractivity contribution is 7.98. The molecule has 2 aromatic rings. The number of carbonyl (C=O) groups excluding carboxylic acids is 8. The van der Waals surface area contributed by atoms with Gasteiger partial charge >= 0.3 is 5.97 Å². The number of primary amides is 2. The monoisotopic (exact) mass is 1000 g/mol. The number of sulfonamides is 1. The Hall–Kier alpha value is -6.27. The van der Waals surface area contributed by atoms with Crippen molar-refractivity contribution in [1.82, 2.24) is 35.8 Å². The summed E-state index contributed by atoms with van der Waals surface area (Å²) in [5, 5.41) is 19.1. The molecule has 69 heavy (non-hydrogen) atoms. The first-order chi connectivity index (χ1) is 32.5. The number of carbonyl (C=O) groups is 9. The van der Waals surface area contributed by atoms with E-state index in [1.54, 1.807) is 29.2 Å². The lowest BCUT2D eigenvalue weighted by molar-refractivity contribution is -0.147. The van der Waals surface area contributed by atoms with Crippen LogP contribution in [0.3, 0.4) is 0 Å². The summed E-state index contributed by atoms with van der Waals surface area (Å²) in [6.45, 7) is 5.08. The van der Waals surface area contributed by atoms with Crippen LogP contribution in [0.5, 0.6) is 11.5 Å². The van der Waals surface area contributed by atoms with Gasteiger partial charge in [-0.1, -0.05) is 32.0 Å². The molecule has 10 N–H and O–H groups in total. The molecule has 0 unspecified atom stereocenters. The minimum Gasteiger partial charge on any atom is -0.481 e. The number of nitrogens with one attached hydrogen (secondary N) is 5. The van der Waals surface area contributed by atoms with Gasteiger partial charge in [-0.15, -0.1) is 0 Å². The second kappa shape index (κ2) is 27.7. The van der Waals surface area contributed by atoms with Crippen molar-refractivity contribution < 1.29 is 61.4 Å². The smallest absolute Gasteiger partial charge is 0.305 e. The van der Waals surface area contributed by atoms with Crippen LogP contribution in [0.1, 0.15) is 78.6 Å². The summed E-state index contributed by atoms with van der Waals surface area (Å²) in [6, 6.07) is 7.09. The van der Waals surface area contributed by atoms with Gasteiger partial charge in [0.25, 0.3) is 0 Å². The number of ether oxygens (including phenoxy) is 1. The molecule has 1 heterocycles. The van der Waals surface area contributed by atoms with Crippen molar-refractivity contribution in [1.29, 1.82) is 0 Å². The number of hydrogen-bond acceptors (Lipinski definition) is 13. The number of likely N-dealkylation sites (N-methyl/N-ethyl adjacent to an activating group) is 1. The third kappa shape index (κ3) is 19.0. The van der Waals surface area contributed by atoms with Gasteiger partial charge in [-0.2, -0.15) is 11.8 Å². The normalized spacial score (nSPS) is 15.7. The molecule has 1 aliphatic heterocycles. The summed E-state index contributed by atoms with van der Waals surface area (Å²) in [4.78, 5) is 120. The highest BCUT2D eigenvalue weighted by Gasteiger charge is 2.39. The molecule has 1 aliphatic rings. The number of nitrogens with two attached hydrogens (primary N) is 2. The van der Waals surface area contributed by atoms with Crippen LogP contribution in [0.4, 0.5) is 0 Å². The van der Waals surface area contributed by atoms with Crippen LogP contribution >= 0.6 is 11.8 Å². The van der Waals surface area contributed by atoms with E-state index >= 15 is 0 Å². The zero-order chi connectivity index (χ0) is 51.4. The van der Waals surface area contributed by atoms with Crippen molar-refractivity contribution >= 4 is 75.0 Å². The Labute approximate surface area is 406 Å². The van der Waals surface area contributed by atoms with Gasteiger partial charge in [0.2, 0.25) is 57.3 Å². The van der Waals surface area contributed by atoms with Crippen LogP contribution < -0.4 is 42.2 Å². The third-order valence-corrected chi connectivity index (χ3v) is 13.0. The molecule has 8 amide bonds. The predicted octanol–water partition coefficient (Wildman–Crippen LogP) is 0.339. The Morgan fingerprint density at radius 1 is 0.826 bits per heavy atom. The summed E-state index contributed by atoms with van der Waals surface area (Å²) in [5.74, 6) is -6.65. The summed E-state index contributed by atoms with van der Waals surface area (Å²) < 4.78 is 33.8. The number of carboxylic acid groups (broad SMARTS) is 1. The summed E-state index contributed by atoms with van der Waals surface area (Å²) in [5.41, 5.74) is 10.8. The second-order valence-corrected chi connectivity index (χ2v) is 19.8. The molecule has 2 aromatic carbocycles. The number of rotatable bonds is 29. The van der Waals surface area contributed by atoms with Crippen LogP contribution in [0.15, 0.2) is 59.5 Å². The average molecular weight is 1000 g/mol. The third-order valence-electron chi connectivity index (χ3n) is 10.9. The Morgan fingerprint density at radius 3 is 2.03 bits per heavy atom. The van der Waals surface area contributed by atoms with Gasteiger partial charge in [0.05, 0.1) is 17.7 Å². The highest BCUT2D eigenvalue weighted by atomic mass is 32.2. The highest BCUT2D eigenvalue weighted by Crippen LogP contribution is 2.25. The van der Waals surface area contributed by atoms with Crippen molar-refractivity contribution in [2.24, 2.45) is 17.4 Å². The van der Waals surface area contributed by atoms with Crippen molar-refractivity contribution in [3.05, 3.63) is 54.6 Å². The van der Waals surface area contributed by atoms with Crippen LogP contribution in [0, 0.1) is 5.92 Å². The molecular weight excluding hydrogens is 939 g/mol. The van der Waals surface area contributed by atoms with E-state index < -0.39 is 106 Å². The molecule has 1 fully saturated rings. The van der Waals surface area contributed by atoms with E-state index in [2.05, 4.69) is 26.0 Å². The Kier molecular flexibility index (Phi) is 22.9. The number of hydrogen-bond donors (Lipinski definition) is 8. The average Bonchev–Trinajstić information content (AvgIpc) is 3.74. The molecule has 6 atom stereocenters. The van der Waals surface area contributed by atoms with Gasteiger partial charge in [0.1, 0.15) is 41.7 Å². The zero-order valence-electron chi connectivity index (χ0n) is 39.4. The van der Waals surface area contributed by atoms with Gasteiger partial charge in [-0.3, -0.25) is 43.2 Å². The molecule has 0 aliphatic carbocycles. The molecule has 1 saturated heterocycles. The maximum Gasteiger partial charge on any atom is 0.305 e. The van der Waals surface area contributed by atoms with Gasteiger partial charge in [0, 0.05) is 39.0 Å². The lowest BCUT2D eigenvalue weighted by atomic mass is 10.0. The fraction of sp³-hybridized carbons (Fsp3) is 0.533. The molecule has 0 aromatic heterocycles. The van der Waals surface area contributed by atoms with E-state index in [0.717, 1.165) is 0 Å². The Bertz CT molecular complexity index is 2230. The molecule has 0 bridgehead atoms. The Balaban J connectivity index is 1.63. The first-order valence-corrected chi connectivity index (χ1v) is 25.3. The number of amides is 8. The molecule has 380 valence electrons. The lowest BCUT2D eigenvalue weighted by Crippen LogP contribution is -2.59. The number of para-hydroxylation sites is 1. The van der Waals surface area contributed by atoms with E-state index in [1.165, 1.54) is 54.9 Å². The number of aliphatic carboxylic acids is 1. The maximum absolute atomic E-state index is 14.1. The summed E-state index contributed by atoms with van der Waals surface area (Å²) in [7, 11) is -2.54. The largest absolute Gasteiger partial charge is 0.481 e. The zero-order valence-corrected chi connectivity index (χ0v) is 41.1. The molecule has 0 spiro atoms. The summed E-state index contributed by atoms with van der Waals surface area (Å²) >= 11 is 1.47. The van der Waals surface area contributed by atoms with E-state index in [-0.39, 0.29) is 55.4 Å². The minimum absolute atomic E-state index is 0.0171. The number of nitrogens with zero attached hydrogens (tertiary/aromatic N) is 2. The van der Waals surface area contributed by atoms with E-state index in [9.17, 15) is 56.7 Å². The molecular formula is C45H65N9O13S2. The first-order valence-electron chi connectivity index (χ1n) is 22.4. The number of likely N-dealkylation sites (tertiary alicyclic amines) is 1. The van der Waals surface area contributed by atoms with Gasteiger partial charge in [0.15, 0.2) is 0 Å². The van der Waals surface area contributed by atoms with E-state index in [1.807, 2.05) is 26.2 Å². The van der Waals surface area contributed by atoms with Crippen molar-refractivity contribution in [2.45, 2.75) is 120 Å². The molecule has 0 saturated carbocycles. The van der Waals surface area contributed by atoms with Crippen LogP contribution in [0.2, 0.25) is 0 Å². The van der Waals surface area contributed by atoms with E-state index in [4.69, 9.17) is 16.2 Å². The van der Waals surface area contributed by atoms with Crippen LogP contribution in [0.25, 0.3) is 0 Å². The molecule has 24 heteroatoms. The SMILES string of the molecule is CSCC[C@@H](C(=O)N1CCC[C@H]1CC(N)=O)N(C)C(=O)[C@H](CC(C)C)NC(=O)[C@H](C)NC(=O)[C@H](CC(=O)O)NC(=O)[C@H](CC(N)=O)NC(=O)CCCNS(=O)(=O)c1ccc(Oc2ccccc2)cc1. The summed E-state index contributed by atoms with van der Waals surface area (Å²) in [6.07, 6.45) is 1.36. The van der Waals surface area contributed by atoms with Gasteiger partial charge in [-0.25, -0.2) is 13.1 Å². The molecule has 22 nitrogen and oxygen atoms in total. The van der Waals surface area contributed by atoms with Crippen molar-refractivity contribution in [3.63, 3.8) is 0 Å². The topological polar surface area (TPSA) is 336 Å². The van der Waals surface area contributed by atoms with Gasteiger partial charge < -0.3 is 52.4 Å². The van der Waals surface area contributed by atoms with Crippen molar-refractivity contribution in [3.8, 4) is 11.5 Å². The fourth-order valence-electron chi connectivity index (χ4n) is 7.43. The second-order valence-electron chi connectivity index (χ2n) is 17.0. The fourth-order valence-corrected chi connectivity index (χ4v) is 8.96. The lowest BCUT2D eigenvalue weighted by Gasteiger charge is -2.35. The number of carboxylic acids is 1. The van der Waals surface area contributed by atoms with E-state index in [0.29, 0.717) is 36.6 Å². The molecule has 3 rings (SSSR count). The quantitative estimate of drug-likeness (QED) is 0.0510. The minimum atomic E-state index is -4.00. The number of thioether (sulfide) groups is 1. The molecule has 0 radical (unpaired) electrons. The maximum atomic E-state index is 14.1. The van der Waals surface area contributed by atoms with Crippen molar-refractivity contribution in [2.75, 3.05) is 32.1 Å². The van der Waals surface area contributed by atoms with Gasteiger partial charge in [-0.05, 0) is 93.4 Å². The number of benzene rings is 2. The first kappa shape index (κ1) is 57.1. The predicted molar refractivity (Wildman–Crippen MR) is 254 cm³/mol. The van der Waals surface area contributed by atoms with Crippen LogP contribution in [-0.4, -0.2) is 145 Å².